The van der Waals surface area contributed by atoms with Crippen LogP contribution in [0.15, 0.2) is 67.3 Å². The molecule has 0 radical (unpaired) electrons. The summed E-state index contributed by atoms with van der Waals surface area (Å²) < 4.78 is 15.1. The summed E-state index contributed by atoms with van der Waals surface area (Å²) in [6.45, 7) is 6.99. The lowest BCUT2D eigenvalue weighted by molar-refractivity contribution is -0.148. The molecule has 0 aromatic heterocycles. The number of fused-ring (bicyclic) bond motifs is 1. The number of ether oxygens (including phenoxy) is 3. The second-order valence-electron chi connectivity index (χ2n) is 10.6. The van der Waals surface area contributed by atoms with Crippen molar-refractivity contribution in [1.82, 2.24) is 16.0 Å². The van der Waals surface area contributed by atoms with Gasteiger partial charge in [-0.25, -0.2) is 9.59 Å². The zero-order valence-electron chi connectivity index (χ0n) is 24.7. The van der Waals surface area contributed by atoms with Crippen molar-refractivity contribution in [2.75, 3.05) is 13.7 Å². The zero-order valence-corrected chi connectivity index (χ0v) is 24.7. The fourth-order valence-corrected chi connectivity index (χ4v) is 4.82. The second-order valence-corrected chi connectivity index (χ2v) is 10.6. The number of hydrogen-bond donors (Lipinski definition) is 3. The summed E-state index contributed by atoms with van der Waals surface area (Å²) in [7, 11) is 1.16. The van der Waals surface area contributed by atoms with Crippen LogP contribution in [-0.4, -0.2) is 61.7 Å². The molecule has 0 aliphatic heterocycles. The quantitative estimate of drug-likeness (QED) is 0.172. The number of rotatable bonds is 14. The van der Waals surface area contributed by atoms with Gasteiger partial charge in [0.25, 0.3) is 0 Å². The van der Waals surface area contributed by atoms with Gasteiger partial charge in [-0.15, -0.1) is 0 Å². The van der Waals surface area contributed by atoms with Crippen LogP contribution in [0.2, 0.25) is 0 Å². The Morgan fingerprint density at radius 3 is 2.09 bits per heavy atom. The predicted molar refractivity (Wildman–Crippen MR) is 157 cm³/mol. The molecule has 0 saturated carbocycles. The van der Waals surface area contributed by atoms with Crippen molar-refractivity contribution in [2.45, 2.75) is 57.8 Å². The van der Waals surface area contributed by atoms with Crippen molar-refractivity contribution in [3.63, 3.8) is 0 Å². The smallest absolute Gasteiger partial charge is 0.408 e. The molecule has 3 atom stereocenters. The van der Waals surface area contributed by atoms with E-state index in [1.807, 2.05) is 30.3 Å². The SMILES string of the molecule is C=CCOC(=O)[C@@H](NC(=O)[C@@H](NC(=O)[C@H](CC(=O)OC)NC(=O)OCc1ccccc1)C1Cc2ccccc2C1)C(C)C. The highest BCUT2D eigenvalue weighted by molar-refractivity contribution is 5.95. The molecule has 3 N–H and O–H groups in total. The lowest BCUT2D eigenvalue weighted by atomic mass is 9.94. The minimum absolute atomic E-state index is 0.0166. The van der Waals surface area contributed by atoms with Gasteiger partial charge < -0.3 is 30.2 Å². The van der Waals surface area contributed by atoms with E-state index in [0.29, 0.717) is 12.8 Å². The first-order valence-electron chi connectivity index (χ1n) is 14.1. The molecular weight excluding hydrogens is 554 g/mol. The fraction of sp³-hybridized carbons (Fsp3) is 0.406. The molecule has 0 saturated heterocycles. The average molecular weight is 594 g/mol. The number of nitrogens with one attached hydrogen (secondary N) is 3. The van der Waals surface area contributed by atoms with Gasteiger partial charge in [0.2, 0.25) is 11.8 Å². The van der Waals surface area contributed by atoms with Crippen LogP contribution in [0.3, 0.4) is 0 Å². The van der Waals surface area contributed by atoms with Crippen LogP contribution in [0.5, 0.6) is 0 Å². The molecule has 0 bridgehead atoms. The van der Waals surface area contributed by atoms with Gasteiger partial charge in [-0.3, -0.25) is 14.4 Å². The number of methoxy groups -OCH3 is 1. The number of carbonyl (C=O) groups is 5. The average Bonchev–Trinajstić information content (AvgIpc) is 3.44. The predicted octanol–water partition coefficient (Wildman–Crippen LogP) is 2.61. The third-order valence-corrected chi connectivity index (χ3v) is 7.12. The Hall–Kier alpha value is -4.67. The number of esters is 2. The molecule has 3 rings (SSSR count). The molecule has 1 aliphatic carbocycles. The minimum atomic E-state index is -1.40. The van der Waals surface area contributed by atoms with E-state index in [2.05, 4.69) is 22.5 Å². The van der Waals surface area contributed by atoms with Gasteiger partial charge in [0.05, 0.1) is 13.5 Å². The summed E-state index contributed by atoms with van der Waals surface area (Å²) in [5.41, 5.74) is 2.81. The molecule has 2 aromatic rings. The molecule has 11 nitrogen and oxygen atoms in total. The van der Waals surface area contributed by atoms with Crippen molar-refractivity contribution in [3.8, 4) is 0 Å². The molecule has 230 valence electrons. The van der Waals surface area contributed by atoms with Crippen LogP contribution in [0, 0.1) is 11.8 Å². The van der Waals surface area contributed by atoms with Crippen LogP contribution in [0.25, 0.3) is 0 Å². The monoisotopic (exact) mass is 593 g/mol. The lowest BCUT2D eigenvalue weighted by Crippen LogP contribution is -2.59. The van der Waals surface area contributed by atoms with Crippen molar-refractivity contribution in [2.24, 2.45) is 11.8 Å². The largest absolute Gasteiger partial charge is 0.469 e. The van der Waals surface area contributed by atoms with Gasteiger partial charge in [-0.1, -0.05) is 81.1 Å². The van der Waals surface area contributed by atoms with Crippen molar-refractivity contribution >= 4 is 29.8 Å². The maximum absolute atomic E-state index is 13.7. The molecular formula is C32H39N3O8. The molecule has 2 aromatic carbocycles. The standard InChI is InChI=1S/C32H39N3O8/c1-5-15-42-31(39)27(20(2)3)34-30(38)28(24-16-22-13-9-10-14-23(22)17-24)35-29(37)25(18-26(36)41-4)33-32(40)43-19-21-11-7-6-8-12-21/h5-14,20,24-25,27-28H,1,15-19H2,2-4H3,(H,33,40)(H,34,38)(H,35,37)/t25-,27-,28-/m0/s1. The number of benzene rings is 2. The van der Waals surface area contributed by atoms with E-state index in [-0.39, 0.29) is 25.0 Å². The first-order valence-corrected chi connectivity index (χ1v) is 14.1. The van der Waals surface area contributed by atoms with Crippen molar-refractivity contribution in [1.29, 1.82) is 0 Å². The van der Waals surface area contributed by atoms with Crippen LogP contribution in [0.1, 0.15) is 37.0 Å². The highest BCUT2D eigenvalue weighted by atomic mass is 16.5. The number of amides is 3. The fourth-order valence-electron chi connectivity index (χ4n) is 4.82. The van der Waals surface area contributed by atoms with E-state index in [9.17, 15) is 24.0 Å². The summed E-state index contributed by atoms with van der Waals surface area (Å²) in [4.78, 5) is 64.8. The zero-order chi connectivity index (χ0) is 31.4. The normalized spacial score (nSPS) is 14.4. The van der Waals surface area contributed by atoms with E-state index in [1.165, 1.54) is 6.08 Å². The van der Waals surface area contributed by atoms with E-state index < -0.39 is 54.4 Å². The Morgan fingerprint density at radius 1 is 0.884 bits per heavy atom. The maximum Gasteiger partial charge on any atom is 0.408 e. The molecule has 1 aliphatic rings. The number of hydrogen-bond acceptors (Lipinski definition) is 8. The van der Waals surface area contributed by atoms with Crippen LogP contribution in [-0.2, 0) is 52.8 Å². The Morgan fingerprint density at radius 2 is 1.51 bits per heavy atom. The van der Waals surface area contributed by atoms with Gasteiger partial charge in [0.15, 0.2) is 0 Å². The Balaban J connectivity index is 1.80. The molecule has 0 fully saturated rings. The third-order valence-electron chi connectivity index (χ3n) is 7.12. The van der Waals surface area contributed by atoms with Crippen molar-refractivity contribution < 1.29 is 38.2 Å². The summed E-state index contributed by atoms with van der Waals surface area (Å²) in [6.07, 6.45) is 0.998. The Kier molecular flexibility index (Phi) is 12.3. The van der Waals surface area contributed by atoms with Gasteiger partial charge in [-0.05, 0) is 41.4 Å². The molecule has 0 heterocycles. The molecule has 0 unspecified atom stereocenters. The summed E-state index contributed by atoms with van der Waals surface area (Å²) >= 11 is 0. The molecule has 3 amide bonds. The number of alkyl carbamates (subject to hydrolysis) is 1. The summed E-state index contributed by atoms with van der Waals surface area (Å²) in [6, 6.07) is 13.2. The van der Waals surface area contributed by atoms with E-state index in [4.69, 9.17) is 14.2 Å². The van der Waals surface area contributed by atoms with Gasteiger partial charge >= 0.3 is 18.0 Å². The first-order chi connectivity index (χ1) is 20.6. The third kappa shape index (κ3) is 9.69. The maximum atomic E-state index is 13.7. The van der Waals surface area contributed by atoms with Gasteiger partial charge in [-0.2, -0.15) is 0 Å². The Labute approximate surface area is 251 Å². The van der Waals surface area contributed by atoms with Crippen LogP contribution >= 0.6 is 0 Å². The highest BCUT2D eigenvalue weighted by Gasteiger charge is 2.38. The lowest BCUT2D eigenvalue weighted by Gasteiger charge is -2.29. The van der Waals surface area contributed by atoms with E-state index >= 15 is 0 Å². The molecule has 0 spiro atoms. The topological polar surface area (TPSA) is 149 Å². The first kappa shape index (κ1) is 32.8. The highest BCUT2D eigenvalue weighted by Crippen LogP contribution is 2.29. The second kappa shape index (κ2) is 16.1. The van der Waals surface area contributed by atoms with Crippen molar-refractivity contribution in [3.05, 3.63) is 83.9 Å². The van der Waals surface area contributed by atoms with Crippen LogP contribution < -0.4 is 16.0 Å². The van der Waals surface area contributed by atoms with Gasteiger partial charge in [0.1, 0.15) is 31.3 Å². The Bertz CT molecular complexity index is 1270. The molecule has 43 heavy (non-hydrogen) atoms. The minimum Gasteiger partial charge on any atom is -0.469 e. The number of carbonyl (C=O) groups excluding carboxylic acids is 5. The molecule has 11 heteroatoms. The summed E-state index contributed by atoms with van der Waals surface area (Å²) in [5, 5.41) is 7.89. The van der Waals surface area contributed by atoms with Gasteiger partial charge in [0, 0.05) is 0 Å². The van der Waals surface area contributed by atoms with Crippen LogP contribution in [0.4, 0.5) is 4.79 Å². The van der Waals surface area contributed by atoms with E-state index in [1.54, 1.807) is 38.1 Å². The van der Waals surface area contributed by atoms with E-state index in [0.717, 1.165) is 23.8 Å². The summed E-state index contributed by atoms with van der Waals surface area (Å²) in [5.74, 6) is -3.43.